The average Bonchev–Trinajstić information content (AvgIpc) is 3.18. The fraction of sp³-hybridized carbons (Fsp3) is 0.478. The Morgan fingerprint density at radius 1 is 1.00 bits per heavy atom. The molecule has 0 spiro atoms. The zero-order valence-corrected chi connectivity index (χ0v) is 17.0. The molecule has 2 aliphatic heterocycles. The third-order valence-corrected chi connectivity index (χ3v) is 6.42. The number of hydrogen-bond donors (Lipinski definition) is 0. The van der Waals surface area contributed by atoms with Crippen LogP contribution in [0.2, 0.25) is 0 Å². The number of carbonyl (C=O) groups excluding carboxylic acids is 1. The highest BCUT2D eigenvalue weighted by Crippen LogP contribution is 2.26. The summed E-state index contributed by atoms with van der Waals surface area (Å²) in [6.45, 7) is 3.02. The largest absolute Gasteiger partial charge is 0.327 e. The lowest BCUT2D eigenvalue weighted by Gasteiger charge is -2.27. The van der Waals surface area contributed by atoms with E-state index in [9.17, 15) is 4.79 Å². The molecule has 3 aromatic heterocycles. The van der Waals surface area contributed by atoms with E-state index < -0.39 is 0 Å². The van der Waals surface area contributed by atoms with Gasteiger partial charge in [0.25, 0.3) is 0 Å². The predicted octanol–water partition coefficient (Wildman–Crippen LogP) is 3.28. The standard InChI is InChI=1S/C23H27N5O/c1-27-8-5-16(6-9-27)22(29)12-19-10-17-11-20(25-14-18(17)13-24-19)21-15-26-23-4-2-3-7-28(21)23/h10-11,13-16H,2-9,12H2,1H3. The number of pyridine rings is 2. The summed E-state index contributed by atoms with van der Waals surface area (Å²) in [6.07, 6.45) is 11.5. The number of imidazole rings is 1. The Morgan fingerprint density at radius 2 is 1.83 bits per heavy atom. The number of likely N-dealkylation sites (tertiary alicyclic amines) is 1. The maximum atomic E-state index is 12.7. The second-order valence-corrected chi connectivity index (χ2v) is 8.48. The van der Waals surface area contributed by atoms with Gasteiger partial charge in [-0.25, -0.2) is 4.98 Å². The fourth-order valence-electron chi connectivity index (χ4n) is 4.59. The van der Waals surface area contributed by atoms with Crippen LogP contribution in [0.5, 0.6) is 0 Å². The lowest BCUT2D eigenvalue weighted by Crippen LogP contribution is -2.34. The van der Waals surface area contributed by atoms with Crippen molar-refractivity contribution in [3.8, 4) is 11.4 Å². The summed E-state index contributed by atoms with van der Waals surface area (Å²) >= 11 is 0. The minimum Gasteiger partial charge on any atom is -0.327 e. The molecule has 0 saturated carbocycles. The maximum absolute atomic E-state index is 12.7. The van der Waals surface area contributed by atoms with Gasteiger partial charge in [-0.05, 0) is 63.3 Å². The van der Waals surface area contributed by atoms with E-state index in [-0.39, 0.29) is 5.92 Å². The van der Waals surface area contributed by atoms with Gasteiger partial charge in [0.1, 0.15) is 11.6 Å². The third-order valence-electron chi connectivity index (χ3n) is 6.42. The molecule has 1 fully saturated rings. The summed E-state index contributed by atoms with van der Waals surface area (Å²) in [5.74, 6) is 1.66. The van der Waals surface area contributed by atoms with E-state index in [0.717, 1.165) is 72.6 Å². The Bertz CT molecular complexity index is 1050. The second-order valence-electron chi connectivity index (χ2n) is 8.48. The summed E-state index contributed by atoms with van der Waals surface area (Å²) in [5, 5.41) is 2.09. The van der Waals surface area contributed by atoms with Crippen molar-refractivity contribution >= 4 is 16.6 Å². The highest BCUT2D eigenvalue weighted by Gasteiger charge is 2.23. The van der Waals surface area contributed by atoms with Gasteiger partial charge in [-0.15, -0.1) is 0 Å². The number of rotatable bonds is 4. The van der Waals surface area contributed by atoms with Crippen LogP contribution in [0, 0.1) is 5.92 Å². The molecular weight excluding hydrogens is 362 g/mol. The van der Waals surface area contributed by atoms with Gasteiger partial charge >= 0.3 is 0 Å². The summed E-state index contributed by atoms with van der Waals surface area (Å²) in [4.78, 5) is 28.8. The van der Waals surface area contributed by atoms with Crippen LogP contribution in [0.3, 0.4) is 0 Å². The van der Waals surface area contributed by atoms with E-state index in [1.54, 1.807) is 0 Å². The molecule has 6 nitrogen and oxygen atoms in total. The molecule has 150 valence electrons. The van der Waals surface area contributed by atoms with Crippen molar-refractivity contribution in [1.29, 1.82) is 0 Å². The van der Waals surface area contributed by atoms with Crippen molar-refractivity contribution in [2.45, 2.75) is 45.1 Å². The van der Waals surface area contributed by atoms with Gasteiger partial charge in [0.05, 0.1) is 17.6 Å². The Morgan fingerprint density at radius 3 is 2.69 bits per heavy atom. The first-order valence-electron chi connectivity index (χ1n) is 10.7. The van der Waals surface area contributed by atoms with Crippen LogP contribution < -0.4 is 0 Å². The number of nitrogens with zero attached hydrogens (tertiary/aromatic N) is 5. The highest BCUT2D eigenvalue weighted by atomic mass is 16.1. The number of Topliss-reactive ketones (excluding diaryl/α,β-unsaturated/α-hetero) is 1. The summed E-state index contributed by atoms with van der Waals surface area (Å²) < 4.78 is 2.30. The SMILES string of the molecule is CN1CCC(C(=O)Cc2cc3cc(-c4cnc5n4CCCC5)ncc3cn2)CC1. The van der Waals surface area contributed by atoms with Crippen LogP contribution in [0.15, 0.2) is 30.7 Å². The molecule has 6 heteroatoms. The van der Waals surface area contributed by atoms with E-state index in [0.29, 0.717) is 12.2 Å². The van der Waals surface area contributed by atoms with Crippen molar-refractivity contribution in [1.82, 2.24) is 24.4 Å². The topological polar surface area (TPSA) is 63.9 Å². The van der Waals surface area contributed by atoms with Crippen LogP contribution in [-0.4, -0.2) is 50.3 Å². The van der Waals surface area contributed by atoms with Crippen molar-refractivity contribution in [3.05, 3.63) is 42.2 Å². The minimum absolute atomic E-state index is 0.176. The second kappa shape index (κ2) is 7.67. The van der Waals surface area contributed by atoms with E-state index in [4.69, 9.17) is 0 Å². The van der Waals surface area contributed by atoms with Gasteiger partial charge in [0, 0.05) is 48.8 Å². The first-order chi connectivity index (χ1) is 14.2. The smallest absolute Gasteiger partial charge is 0.142 e. The number of aromatic nitrogens is 4. The summed E-state index contributed by atoms with van der Waals surface area (Å²) in [6, 6.07) is 4.17. The molecule has 0 radical (unpaired) electrons. The molecule has 29 heavy (non-hydrogen) atoms. The number of ketones is 1. The first-order valence-corrected chi connectivity index (χ1v) is 10.7. The van der Waals surface area contributed by atoms with Gasteiger partial charge in [0.15, 0.2) is 0 Å². The Labute approximate surface area is 171 Å². The Kier molecular flexibility index (Phi) is 4.87. The molecule has 0 amide bonds. The zero-order valence-electron chi connectivity index (χ0n) is 17.0. The van der Waals surface area contributed by atoms with Crippen LogP contribution in [0.4, 0.5) is 0 Å². The van der Waals surface area contributed by atoms with Gasteiger partial charge in [-0.2, -0.15) is 0 Å². The normalized spacial score (nSPS) is 18.1. The minimum atomic E-state index is 0.176. The molecule has 0 unspecified atom stereocenters. The molecular formula is C23H27N5O. The van der Waals surface area contributed by atoms with Crippen LogP contribution >= 0.6 is 0 Å². The molecule has 0 bridgehead atoms. The van der Waals surface area contributed by atoms with Gasteiger partial charge in [-0.1, -0.05) is 0 Å². The molecule has 0 atom stereocenters. The van der Waals surface area contributed by atoms with Gasteiger partial charge in [-0.3, -0.25) is 14.8 Å². The monoisotopic (exact) mass is 389 g/mol. The van der Waals surface area contributed by atoms with Crippen LogP contribution in [-0.2, 0) is 24.2 Å². The molecule has 3 aromatic rings. The highest BCUT2D eigenvalue weighted by molar-refractivity contribution is 5.87. The third kappa shape index (κ3) is 3.69. The number of carbonyl (C=O) groups is 1. The zero-order chi connectivity index (χ0) is 19.8. The maximum Gasteiger partial charge on any atom is 0.142 e. The predicted molar refractivity (Wildman–Crippen MR) is 113 cm³/mol. The van der Waals surface area contributed by atoms with Crippen LogP contribution in [0.1, 0.15) is 37.2 Å². The number of fused-ring (bicyclic) bond motifs is 2. The van der Waals surface area contributed by atoms with Crippen molar-refractivity contribution in [2.24, 2.45) is 5.92 Å². The molecule has 0 aromatic carbocycles. The molecule has 0 aliphatic carbocycles. The number of aryl methyl sites for hydroxylation is 1. The van der Waals surface area contributed by atoms with Gasteiger partial charge in [0.2, 0.25) is 0 Å². The van der Waals surface area contributed by atoms with E-state index in [1.807, 2.05) is 18.6 Å². The van der Waals surface area contributed by atoms with Crippen LogP contribution in [0.25, 0.3) is 22.2 Å². The van der Waals surface area contributed by atoms with E-state index in [2.05, 4.69) is 43.6 Å². The molecule has 1 saturated heterocycles. The molecule has 0 N–H and O–H groups in total. The van der Waals surface area contributed by atoms with Gasteiger partial charge < -0.3 is 9.47 Å². The summed E-state index contributed by atoms with van der Waals surface area (Å²) in [5.41, 5.74) is 2.88. The number of hydrogen-bond acceptors (Lipinski definition) is 5. The lowest BCUT2D eigenvalue weighted by molar-refractivity contribution is -0.123. The van der Waals surface area contributed by atoms with Crippen molar-refractivity contribution < 1.29 is 4.79 Å². The van der Waals surface area contributed by atoms with Crippen molar-refractivity contribution in [3.63, 3.8) is 0 Å². The summed E-state index contributed by atoms with van der Waals surface area (Å²) in [7, 11) is 2.12. The average molecular weight is 390 g/mol. The first kappa shape index (κ1) is 18.4. The van der Waals surface area contributed by atoms with E-state index >= 15 is 0 Å². The Balaban J connectivity index is 1.40. The molecule has 5 rings (SSSR count). The Hall–Kier alpha value is -2.60. The quantitative estimate of drug-likeness (QED) is 0.685. The fourth-order valence-corrected chi connectivity index (χ4v) is 4.59. The van der Waals surface area contributed by atoms with Crippen molar-refractivity contribution in [2.75, 3.05) is 20.1 Å². The lowest BCUT2D eigenvalue weighted by atomic mass is 9.90. The number of piperidine rings is 1. The molecule has 5 heterocycles. The molecule has 2 aliphatic rings. The van der Waals surface area contributed by atoms with E-state index in [1.165, 1.54) is 12.8 Å².